The average molecular weight is 172 g/mol. The van der Waals surface area contributed by atoms with Crippen LogP contribution in [0.15, 0.2) is 0 Å². The third-order valence-corrected chi connectivity index (χ3v) is 3.36. The Morgan fingerprint density at radius 1 is 1.33 bits per heavy atom. The summed E-state index contributed by atoms with van der Waals surface area (Å²) in [5.41, 5.74) is 0.0269. The van der Waals surface area contributed by atoms with Crippen molar-refractivity contribution < 1.29 is 14.9 Å². The first-order valence-corrected chi connectivity index (χ1v) is 4.59. The Morgan fingerprint density at radius 2 is 2.00 bits per heavy atom. The van der Waals surface area contributed by atoms with Gasteiger partial charge >= 0.3 is 0 Å². The molecule has 1 saturated heterocycles. The van der Waals surface area contributed by atoms with E-state index in [2.05, 4.69) is 6.92 Å². The highest BCUT2D eigenvalue weighted by atomic mass is 16.6. The Bertz CT molecular complexity index is 183. The van der Waals surface area contributed by atoms with E-state index in [4.69, 9.17) is 14.9 Å². The molecule has 0 aromatic heterocycles. The smallest absolute Gasteiger partial charge is 0.0924 e. The Morgan fingerprint density at radius 3 is 2.58 bits per heavy atom. The Balaban J connectivity index is 2.01. The molecule has 0 amide bonds. The van der Waals surface area contributed by atoms with Gasteiger partial charge < -0.3 is 14.9 Å². The van der Waals surface area contributed by atoms with Gasteiger partial charge in [0.1, 0.15) is 0 Å². The maximum absolute atomic E-state index is 9.08. The van der Waals surface area contributed by atoms with Crippen LogP contribution in [0.5, 0.6) is 0 Å². The molecular formula is C9H16O3. The number of aliphatic hydroxyl groups excluding tert-OH is 2. The fraction of sp³-hybridized carbons (Fsp3) is 1.00. The molecule has 0 radical (unpaired) electrons. The van der Waals surface area contributed by atoms with Crippen LogP contribution in [0.25, 0.3) is 0 Å². The van der Waals surface area contributed by atoms with Crippen LogP contribution in [0, 0.1) is 11.8 Å². The van der Waals surface area contributed by atoms with Gasteiger partial charge in [-0.15, -0.1) is 0 Å². The maximum Gasteiger partial charge on any atom is 0.0924 e. The van der Waals surface area contributed by atoms with Gasteiger partial charge in [0.25, 0.3) is 0 Å². The lowest BCUT2D eigenvalue weighted by molar-refractivity contribution is 0.0857. The fourth-order valence-corrected chi connectivity index (χ4v) is 2.36. The van der Waals surface area contributed by atoms with Crippen molar-refractivity contribution in [3.05, 3.63) is 0 Å². The lowest BCUT2D eigenvalue weighted by atomic mass is 9.75. The zero-order chi connectivity index (χ0) is 8.77. The van der Waals surface area contributed by atoms with Crippen molar-refractivity contribution in [2.24, 2.45) is 11.8 Å². The molecule has 2 rings (SSSR count). The molecule has 4 unspecified atom stereocenters. The van der Waals surface area contributed by atoms with E-state index in [1.54, 1.807) is 0 Å². The van der Waals surface area contributed by atoms with Gasteiger partial charge in [0.2, 0.25) is 0 Å². The van der Waals surface area contributed by atoms with Crippen molar-refractivity contribution in [3.8, 4) is 0 Å². The lowest BCUT2D eigenvalue weighted by Gasteiger charge is -2.29. The molecule has 2 aliphatic rings. The zero-order valence-electron chi connectivity index (χ0n) is 7.36. The first-order valence-electron chi connectivity index (χ1n) is 4.59. The summed E-state index contributed by atoms with van der Waals surface area (Å²) in [6, 6.07) is 0. The molecular weight excluding hydrogens is 156 g/mol. The minimum atomic E-state index is 0.0269. The molecule has 0 bridgehead atoms. The molecule has 70 valence electrons. The van der Waals surface area contributed by atoms with Gasteiger partial charge in [0, 0.05) is 13.2 Å². The summed E-state index contributed by atoms with van der Waals surface area (Å²) >= 11 is 0. The second kappa shape index (κ2) is 2.69. The van der Waals surface area contributed by atoms with Crippen LogP contribution in [-0.2, 0) is 4.74 Å². The van der Waals surface area contributed by atoms with Gasteiger partial charge in [-0.3, -0.25) is 0 Å². The van der Waals surface area contributed by atoms with E-state index in [1.807, 2.05) is 0 Å². The number of hydrogen-bond donors (Lipinski definition) is 2. The quantitative estimate of drug-likeness (QED) is 0.583. The van der Waals surface area contributed by atoms with Gasteiger partial charge in [0.15, 0.2) is 0 Å². The summed E-state index contributed by atoms with van der Waals surface area (Å²) in [6.07, 6.45) is 2.16. The molecule has 0 aromatic carbocycles. The van der Waals surface area contributed by atoms with Crippen molar-refractivity contribution >= 4 is 0 Å². The standard InChI is InChI=1S/C9H16O3/c1-9-3-7(5-11)6(4-10)2-8(9)12-9/h6-8,10-11H,2-5H2,1H3. The van der Waals surface area contributed by atoms with Crippen molar-refractivity contribution in [2.45, 2.75) is 31.5 Å². The molecule has 1 heterocycles. The van der Waals surface area contributed by atoms with Crippen LogP contribution in [0.3, 0.4) is 0 Å². The summed E-state index contributed by atoms with van der Waals surface area (Å²) in [7, 11) is 0. The third-order valence-electron chi connectivity index (χ3n) is 3.36. The Kier molecular flexibility index (Phi) is 1.90. The molecule has 1 aliphatic carbocycles. The summed E-state index contributed by atoms with van der Waals surface area (Å²) in [6.45, 7) is 2.45. The monoisotopic (exact) mass is 172 g/mol. The van der Waals surface area contributed by atoms with Crippen LogP contribution >= 0.6 is 0 Å². The van der Waals surface area contributed by atoms with Gasteiger partial charge in [-0.05, 0) is 31.6 Å². The number of fused-ring (bicyclic) bond motifs is 1. The molecule has 3 nitrogen and oxygen atoms in total. The fourth-order valence-electron chi connectivity index (χ4n) is 2.36. The van der Waals surface area contributed by atoms with E-state index < -0.39 is 0 Å². The Hall–Kier alpha value is -0.120. The van der Waals surface area contributed by atoms with Gasteiger partial charge in [-0.1, -0.05) is 0 Å². The summed E-state index contributed by atoms with van der Waals surface area (Å²) < 4.78 is 5.51. The van der Waals surface area contributed by atoms with Crippen molar-refractivity contribution in [1.29, 1.82) is 0 Å². The minimum absolute atomic E-state index is 0.0269. The van der Waals surface area contributed by atoms with Crippen molar-refractivity contribution in [3.63, 3.8) is 0 Å². The highest BCUT2D eigenvalue weighted by Crippen LogP contribution is 2.51. The van der Waals surface area contributed by atoms with E-state index in [9.17, 15) is 0 Å². The zero-order valence-corrected chi connectivity index (χ0v) is 7.36. The van der Waals surface area contributed by atoms with Crippen LogP contribution < -0.4 is 0 Å². The largest absolute Gasteiger partial charge is 0.396 e. The minimum Gasteiger partial charge on any atom is -0.396 e. The molecule has 1 saturated carbocycles. The van der Waals surface area contributed by atoms with Gasteiger partial charge in [-0.25, -0.2) is 0 Å². The van der Waals surface area contributed by atoms with Gasteiger partial charge in [-0.2, -0.15) is 0 Å². The summed E-state index contributed by atoms with van der Waals surface area (Å²) in [5.74, 6) is 0.481. The predicted molar refractivity (Wildman–Crippen MR) is 43.7 cm³/mol. The highest BCUT2D eigenvalue weighted by Gasteiger charge is 2.57. The van der Waals surface area contributed by atoms with Crippen LogP contribution in [0.4, 0.5) is 0 Å². The first kappa shape index (κ1) is 8.48. The Labute approximate surface area is 72.3 Å². The summed E-state index contributed by atoms with van der Waals surface area (Å²) in [4.78, 5) is 0. The van der Waals surface area contributed by atoms with Crippen molar-refractivity contribution in [1.82, 2.24) is 0 Å². The SMILES string of the molecule is CC12CC(CO)C(CO)CC1O2. The first-order chi connectivity index (χ1) is 5.69. The van der Waals surface area contributed by atoms with Crippen molar-refractivity contribution in [2.75, 3.05) is 13.2 Å². The molecule has 3 heteroatoms. The third kappa shape index (κ3) is 1.16. The number of hydrogen-bond acceptors (Lipinski definition) is 3. The highest BCUT2D eigenvalue weighted by molar-refractivity contribution is 5.05. The average Bonchev–Trinajstić information content (AvgIpc) is 2.72. The molecule has 4 atom stereocenters. The number of epoxide rings is 1. The van der Waals surface area contributed by atoms with Crippen LogP contribution in [0.1, 0.15) is 19.8 Å². The van der Waals surface area contributed by atoms with Gasteiger partial charge in [0.05, 0.1) is 11.7 Å². The molecule has 2 N–H and O–H groups in total. The van der Waals surface area contributed by atoms with E-state index in [1.165, 1.54) is 0 Å². The summed E-state index contributed by atoms with van der Waals surface area (Å²) in [5, 5.41) is 18.1. The topological polar surface area (TPSA) is 53.0 Å². The molecule has 0 spiro atoms. The van der Waals surface area contributed by atoms with E-state index in [0.29, 0.717) is 6.10 Å². The number of ether oxygens (including phenoxy) is 1. The molecule has 0 aromatic rings. The van der Waals surface area contributed by atoms with Crippen LogP contribution in [0.2, 0.25) is 0 Å². The predicted octanol–water partition coefficient (Wildman–Crippen LogP) is 0.155. The maximum atomic E-state index is 9.08. The molecule has 1 aliphatic heterocycles. The van der Waals surface area contributed by atoms with E-state index >= 15 is 0 Å². The van der Waals surface area contributed by atoms with E-state index in [-0.39, 0.29) is 30.7 Å². The normalized spacial score (nSPS) is 51.8. The number of rotatable bonds is 2. The lowest BCUT2D eigenvalue weighted by Crippen LogP contribution is -2.33. The second-order valence-corrected chi connectivity index (χ2v) is 4.24. The molecule has 12 heavy (non-hydrogen) atoms. The second-order valence-electron chi connectivity index (χ2n) is 4.24. The molecule has 2 fully saturated rings. The van der Waals surface area contributed by atoms with E-state index in [0.717, 1.165) is 12.8 Å². The van der Waals surface area contributed by atoms with Crippen LogP contribution in [-0.4, -0.2) is 35.1 Å². The number of aliphatic hydroxyl groups is 2.